The number of esters is 2. The number of nitrogens with two attached hydrogens (primary N) is 2. The molecule has 0 bridgehead atoms. The van der Waals surface area contributed by atoms with Gasteiger partial charge in [0.05, 0.1) is 45.7 Å². The van der Waals surface area contributed by atoms with Gasteiger partial charge in [-0.2, -0.15) is 0 Å². The molecule has 0 aromatic heterocycles. The van der Waals surface area contributed by atoms with Crippen LogP contribution in [-0.4, -0.2) is 317 Å². The van der Waals surface area contributed by atoms with Crippen LogP contribution in [0.1, 0.15) is 181 Å². The molecule has 5 aliphatic rings. The van der Waals surface area contributed by atoms with E-state index in [9.17, 15) is 105 Å². The smallest absolute Gasteiger partial charge is 0.463 e. The van der Waals surface area contributed by atoms with Gasteiger partial charge in [-0.1, -0.05) is 147 Å². The molecule has 21 N–H and O–H groups in total. The number of phosphoric acid groups is 2. The molecular weight excluding hydrogens is 1450 g/mol. The van der Waals surface area contributed by atoms with Crippen molar-refractivity contribution in [1.29, 1.82) is 0 Å². The summed E-state index contributed by atoms with van der Waals surface area (Å²) in [4.78, 5) is 45.8. The molecule has 4 saturated heterocycles. The average Bonchev–Trinajstić information content (AvgIpc) is 0.779. The van der Waals surface area contributed by atoms with E-state index in [0.717, 1.165) is 39.0 Å². The van der Waals surface area contributed by atoms with E-state index in [1.807, 2.05) is 0 Å². The maximum atomic E-state index is 13.6. The molecule has 0 spiro atoms. The molecule has 1 saturated carbocycles. The molecule has 0 aromatic carbocycles. The van der Waals surface area contributed by atoms with E-state index >= 15 is 0 Å². The van der Waals surface area contributed by atoms with Crippen LogP contribution in [0.5, 0.6) is 0 Å². The summed E-state index contributed by atoms with van der Waals surface area (Å²) in [6, 6.07) is -1.91. The van der Waals surface area contributed by atoms with Gasteiger partial charge >= 0.3 is 27.6 Å². The van der Waals surface area contributed by atoms with Crippen LogP contribution in [0.2, 0.25) is 0 Å². The lowest BCUT2D eigenvalue weighted by Crippen LogP contribution is -2.70. The molecule has 622 valence electrons. The zero-order valence-electron chi connectivity index (χ0n) is 60.8. The van der Waals surface area contributed by atoms with Gasteiger partial charge in [-0.25, -0.2) is 9.13 Å². The number of unbranched alkanes of at least 4 members (excludes halogenated alkanes) is 23. The standard InChI is InChI=1S/C67H124N2O35P2/c1-3-4-5-6-7-8-9-10-11-12-13-14-15-16-17-18-19-20-21-22-23-24-25-26-27-28-29-30-45(74)91-35-40(73)36-94-106(89,90)104-63-60(96-39(2)72)55(83)53(81)56(84)61(63)102-64-46(69)50(78)59(42(34-71)98-64)101-65-57(85)51(79)48(76)43(99-65)37-92-67-62(54(82)47(75)41(33-70)97-67)103-66-58(86)52(80)49(77)44(100-66)38-95-105(87,88)93-32-31-68/h10-11,40-44,46-67,70-71,73,75-86H,3-9,12-38,68-69H2,1-2H3,(H,87,88)(H,89,90)/b11-10-/t40-,41?,42?,43?,44?,46?,47-,48-,49+,50?,51?,52?,53?,54?,55-,56?,57?,58?,59-,60?,61-,62?,63?,64-,65-,66-,67+/m1/s1. The second-order valence-corrected chi connectivity index (χ2v) is 30.7. The molecule has 4 heterocycles. The third kappa shape index (κ3) is 31.0. The highest BCUT2D eigenvalue weighted by Crippen LogP contribution is 2.49. The van der Waals surface area contributed by atoms with Gasteiger partial charge in [-0.3, -0.25) is 27.7 Å². The first-order valence-corrected chi connectivity index (χ1v) is 40.5. The normalized spacial score (nSPS) is 35.9. The molecule has 29 atom stereocenters. The lowest BCUT2D eigenvalue weighted by Gasteiger charge is -2.49. The molecule has 5 rings (SSSR count). The number of hydrogen-bond acceptors (Lipinski definition) is 35. The van der Waals surface area contributed by atoms with Crippen molar-refractivity contribution in [3.63, 3.8) is 0 Å². The highest BCUT2D eigenvalue weighted by molar-refractivity contribution is 7.47. The number of ether oxygens (including phenoxy) is 10. The van der Waals surface area contributed by atoms with Crippen molar-refractivity contribution in [2.75, 3.05) is 52.8 Å². The lowest BCUT2D eigenvalue weighted by molar-refractivity contribution is -0.377. The van der Waals surface area contributed by atoms with Crippen molar-refractivity contribution in [3.05, 3.63) is 12.2 Å². The summed E-state index contributed by atoms with van der Waals surface area (Å²) in [7, 11) is -10.4. The number of rotatable bonds is 52. The zero-order valence-corrected chi connectivity index (χ0v) is 62.6. The SMILES string of the molecule is CCCCCCCC/C=C\CCCCCCCCCCCCCCCCCCCC(=O)OC[C@@H](O)COP(=O)(O)OC1C(OC(C)=O)[C@H](O)C(O)C(O)[C@H]1O[C@H]1OC(CO)[C@@H](O[C@H]2OC(CO[C@H]3OC(CO)[C@@H](O)C(O)C3O[C@H]3OC(COP(=O)(O)OCCN)[C@H](O)C(O)C3O)[C@@H](O)C(O)C2O)C(O)C1N. The number of phosphoric ester groups is 2. The Morgan fingerprint density at radius 2 is 0.887 bits per heavy atom. The van der Waals surface area contributed by atoms with Crippen molar-refractivity contribution >= 4 is 27.6 Å². The number of carbonyl (C=O) groups excluding carboxylic acids is 2. The maximum Gasteiger partial charge on any atom is 0.472 e. The molecule has 106 heavy (non-hydrogen) atoms. The van der Waals surface area contributed by atoms with E-state index in [4.69, 9.17) is 72.4 Å². The summed E-state index contributed by atoms with van der Waals surface area (Å²) >= 11 is 0. The summed E-state index contributed by atoms with van der Waals surface area (Å²) in [5.74, 6) is -1.80. The third-order valence-corrected chi connectivity index (χ3v) is 21.2. The van der Waals surface area contributed by atoms with E-state index in [1.165, 1.54) is 122 Å². The average molecular weight is 1580 g/mol. The molecule has 0 amide bonds. The molecule has 1 aliphatic carbocycles. The molecule has 39 heteroatoms. The Morgan fingerprint density at radius 1 is 0.453 bits per heavy atom. The number of allylic oxidation sites excluding steroid dienone is 2. The summed E-state index contributed by atoms with van der Waals surface area (Å²) in [5, 5.41) is 164. The van der Waals surface area contributed by atoms with Gasteiger partial charge in [0.1, 0.15) is 135 Å². The van der Waals surface area contributed by atoms with Gasteiger partial charge in [0, 0.05) is 19.9 Å². The van der Waals surface area contributed by atoms with Crippen LogP contribution in [0.3, 0.4) is 0 Å². The first-order valence-electron chi connectivity index (χ1n) is 37.5. The van der Waals surface area contributed by atoms with E-state index < -0.39 is 239 Å². The summed E-state index contributed by atoms with van der Waals surface area (Å²) < 4.78 is 102. The van der Waals surface area contributed by atoms with Crippen LogP contribution in [-0.2, 0) is 84.2 Å². The van der Waals surface area contributed by atoms with E-state index in [1.54, 1.807) is 0 Å². The van der Waals surface area contributed by atoms with Crippen LogP contribution in [0.4, 0.5) is 0 Å². The minimum atomic E-state index is -5.55. The molecular formula is C67H124N2O35P2. The molecule has 18 unspecified atom stereocenters. The zero-order chi connectivity index (χ0) is 78.1. The minimum Gasteiger partial charge on any atom is -0.463 e. The van der Waals surface area contributed by atoms with Crippen LogP contribution < -0.4 is 11.5 Å². The van der Waals surface area contributed by atoms with Gasteiger partial charge in [0.2, 0.25) is 0 Å². The van der Waals surface area contributed by atoms with Gasteiger partial charge in [0.25, 0.3) is 0 Å². The van der Waals surface area contributed by atoms with E-state index in [2.05, 4.69) is 23.6 Å². The fraction of sp³-hybridized carbons (Fsp3) is 0.940. The van der Waals surface area contributed by atoms with Gasteiger partial charge in [-0.05, 0) is 32.1 Å². The van der Waals surface area contributed by atoms with Gasteiger partial charge < -0.3 is 145 Å². The highest BCUT2D eigenvalue weighted by atomic mass is 31.2. The second kappa shape index (κ2) is 49.5. The molecule has 0 radical (unpaired) electrons. The topological polar surface area (TPSA) is 593 Å². The lowest BCUT2D eigenvalue weighted by atomic mass is 9.84. The Balaban J connectivity index is 1.06. The Hall–Kier alpha value is -2.10. The number of aliphatic hydroxyl groups is 15. The Bertz CT molecular complexity index is 2550. The summed E-state index contributed by atoms with van der Waals surface area (Å²) in [6.07, 6.45) is -18.6. The van der Waals surface area contributed by atoms with E-state index in [0.29, 0.717) is 6.42 Å². The number of aliphatic hydroxyl groups excluding tert-OH is 15. The van der Waals surface area contributed by atoms with Crippen LogP contribution >= 0.6 is 15.6 Å². The van der Waals surface area contributed by atoms with Crippen LogP contribution in [0.15, 0.2) is 12.2 Å². The molecule has 37 nitrogen and oxygen atoms in total. The first kappa shape index (κ1) is 94.5. The maximum absolute atomic E-state index is 13.6. The van der Waals surface area contributed by atoms with Crippen molar-refractivity contribution in [2.24, 2.45) is 11.5 Å². The Morgan fingerprint density at radius 3 is 1.40 bits per heavy atom. The number of hydrogen-bond donors (Lipinski definition) is 19. The first-order chi connectivity index (χ1) is 50.5. The van der Waals surface area contributed by atoms with E-state index in [-0.39, 0.29) is 13.0 Å². The number of carbonyl (C=O) groups is 2. The van der Waals surface area contributed by atoms with Crippen molar-refractivity contribution < 1.29 is 171 Å². The molecule has 0 aromatic rings. The fourth-order valence-corrected chi connectivity index (χ4v) is 14.7. The second-order valence-electron chi connectivity index (χ2n) is 27.8. The van der Waals surface area contributed by atoms with Crippen molar-refractivity contribution in [2.45, 2.75) is 346 Å². The molecule has 4 aliphatic heterocycles. The fourth-order valence-electron chi connectivity index (χ4n) is 13.0. The quantitative estimate of drug-likeness (QED) is 0.0148. The van der Waals surface area contributed by atoms with Gasteiger partial charge in [-0.15, -0.1) is 0 Å². The predicted octanol–water partition coefficient (Wildman–Crippen LogP) is -1.14. The summed E-state index contributed by atoms with van der Waals surface area (Å²) in [5.41, 5.74) is 11.7. The highest BCUT2D eigenvalue weighted by Gasteiger charge is 2.59. The summed E-state index contributed by atoms with van der Waals surface area (Å²) in [6.45, 7) is -3.23. The third-order valence-electron chi connectivity index (χ3n) is 19.2. The van der Waals surface area contributed by atoms with Gasteiger partial charge in [0.15, 0.2) is 31.3 Å². The van der Waals surface area contributed by atoms with Crippen molar-refractivity contribution in [1.82, 2.24) is 0 Å². The Kier molecular flexibility index (Phi) is 44.1. The predicted molar refractivity (Wildman–Crippen MR) is 368 cm³/mol. The monoisotopic (exact) mass is 1580 g/mol. The van der Waals surface area contributed by atoms with Crippen molar-refractivity contribution in [3.8, 4) is 0 Å². The largest absolute Gasteiger partial charge is 0.472 e. The van der Waals surface area contributed by atoms with Crippen LogP contribution in [0.25, 0.3) is 0 Å². The minimum absolute atomic E-state index is 0.0448. The van der Waals surface area contributed by atoms with Crippen LogP contribution in [0, 0.1) is 0 Å². The molecule has 5 fully saturated rings. The Labute approximate surface area is 618 Å².